The van der Waals surface area contributed by atoms with Crippen molar-refractivity contribution in [1.82, 2.24) is 9.97 Å². The van der Waals surface area contributed by atoms with Gasteiger partial charge in [-0.05, 0) is 39.0 Å². The Morgan fingerprint density at radius 1 is 1.35 bits per heavy atom. The Morgan fingerprint density at radius 3 is 2.71 bits per heavy atom. The maximum absolute atomic E-state index is 11.7. The quantitative estimate of drug-likeness (QED) is 0.878. The first-order valence-electron chi connectivity index (χ1n) is 5.36. The minimum atomic E-state index is -3.30. The van der Waals surface area contributed by atoms with Crippen LogP contribution in [-0.4, -0.2) is 23.6 Å². The summed E-state index contributed by atoms with van der Waals surface area (Å²) in [5.41, 5.74) is 2.20. The average molecular weight is 253 g/mol. The molecule has 2 aromatic rings. The SMILES string of the molecule is Cc1nc2ccc(NS(=O)(=O)C(C)C)cc2[nH]1. The molecule has 0 aliphatic carbocycles. The number of aromatic amines is 1. The summed E-state index contributed by atoms with van der Waals surface area (Å²) in [6.45, 7) is 5.14. The third-order valence-electron chi connectivity index (χ3n) is 2.48. The number of rotatable bonds is 3. The molecule has 0 fully saturated rings. The van der Waals surface area contributed by atoms with E-state index in [4.69, 9.17) is 0 Å². The van der Waals surface area contributed by atoms with Crippen molar-refractivity contribution >= 4 is 26.7 Å². The van der Waals surface area contributed by atoms with Gasteiger partial charge in [0, 0.05) is 0 Å². The topological polar surface area (TPSA) is 74.8 Å². The van der Waals surface area contributed by atoms with E-state index in [1.54, 1.807) is 32.0 Å². The van der Waals surface area contributed by atoms with Gasteiger partial charge >= 0.3 is 0 Å². The largest absolute Gasteiger partial charge is 0.342 e. The van der Waals surface area contributed by atoms with E-state index >= 15 is 0 Å². The molecular formula is C11H15N3O2S. The second-order valence-corrected chi connectivity index (χ2v) is 6.49. The van der Waals surface area contributed by atoms with Crippen LogP contribution in [0, 0.1) is 6.92 Å². The zero-order valence-electron chi connectivity index (χ0n) is 9.98. The third-order valence-corrected chi connectivity index (χ3v) is 4.24. The minimum absolute atomic E-state index is 0.457. The second-order valence-electron chi connectivity index (χ2n) is 4.25. The lowest BCUT2D eigenvalue weighted by atomic mass is 10.3. The van der Waals surface area contributed by atoms with Crippen LogP contribution in [0.2, 0.25) is 0 Å². The van der Waals surface area contributed by atoms with Crippen LogP contribution in [0.5, 0.6) is 0 Å². The van der Waals surface area contributed by atoms with Gasteiger partial charge in [0.25, 0.3) is 0 Å². The van der Waals surface area contributed by atoms with E-state index in [9.17, 15) is 8.42 Å². The number of anilines is 1. The number of hydrogen-bond donors (Lipinski definition) is 2. The van der Waals surface area contributed by atoms with Crippen molar-refractivity contribution in [3.8, 4) is 0 Å². The van der Waals surface area contributed by atoms with Gasteiger partial charge in [-0.15, -0.1) is 0 Å². The maximum atomic E-state index is 11.7. The first-order valence-corrected chi connectivity index (χ1v) is 6.91. The van der Waals surface area contributed by atoms with Crippen LogP contribution in [0.25, 0.3) is 11.0 Å². The van der Waals surface area contributed by atoms with Crippen LogP contribution in [0.3, 0.4) is 0 Å². The molecule has 0 unspecified atom stereocenters. The number of imidazole rings is 1. The van der Waals surface area contributed by atoms with Crippen LogP contribution in [0.1, 0.15) is 19.7 Å². The highest BCUT2D eigenvalue weighted by atomic mass is 32.2. The Bertz CT molecular complexity index is 644. The number of sulfonamides is 1. The first-order chi connectivity index (χ1) is 7.88. The van der Waals surface area contributed by atoms with Crippen molar-refractivity contribution < 1.29 is 8.42 Å². The fourth-order valence-corrected chi connectivity index (χ4v) is 2.17. The van der Waals surface area contributed by atoms with Crippen LogP contribution >= 0.6 is 0 Å². The number of fused-ring (bicyclic) bond motifs is 1. The van der Waals surface area contributed by atoms with E-state index in [1.807, 2.05) is 6.92 Å². The van der Waals surface area contributed by atoms with Crippen LogP contribution < -0.4 is 4.72 Å². The van der Waals surface area contributed by atoms with Gasteiger partial charge in [-0.1, -0.05) is 0 Å². The molecule has 0 bridgehead atoms. The highest BCUT2D eigenvalue weighted by Gasteiger charge is 2.15. The predicted molar refractivity (Wildman–Crippen MR) is 68.5 cm³/mol. The molecule has 2 rings (SSSR count). The van der Waals surface area contributed by atoms with Gasteiger partial charge in [0.2, 0.25) is 10.0 Å². The van der Waals surface area contributed by atoms with E-state index < -0.39 is 15.3 Å². The lowest BCUT2D eigenvalue weighted by Crippen LogP contribution is -2.22. The summed E-state index contributed by atoms with van der Waals surface area (Å²) in [5.74, 6) is 0.809. The van der Waals surface area contributed by atoms with Crippen LogP contribution in [0.4, 0.5) is 5.69 Å². The van der Waals surface area contributed by atoms with Crippen molar-refractivity contribution in [3.63, 3.8) is 0 Å². The zero-order valence-corrected chi connectivity index (χ0v) is 10.8. The molecule has 0 spiro atoms. The standard InChI is InChI=1S/C11H15N3O2S/c1-7(2)17(15,16)14-9-4-5-10-11(6-9)13-8(3)12-10/h4-7,14H,1-3H3,(H,12,13). The number of H-pyrrole nitrogens is 1. The van der Waals surface area contributed by atoms with E-state index in [0.29, 0.717) is 5.69 Å². The molecule has 0 amide bonds. The van der Waals surface area contributed by atoms with Crippen LogP contribution in [0.15, 0.2) is 18.2 Å². The molecule has 0 aliphatic rings. The van der Waals surface area contributed by atoms with Gasteiger partial charge in [-0.3, -0.25) is 4.72 Å². The summed E-state index contributed by atoms with van der Waals surface area (Å²) >= 11 is 0. The normalized spacial score (nSPS) is 12.2. The fraction of sp³-hybridized carbons (Fsp3) is 0.364. The fourth-order valence-electron chi connectivity index (χ4n) is 1.48. The molecule has 5 nitrogen and oxygen atoms in total. The highest BCUT2D eigenvalue weighted by Crippen LogP contribution is 2.18. The minimum Gasteiger partial charge on any atom is -0.342 e. The predicted octanol–water partition coefficient (Wildman–Crippen LogP) is 2.02. The van der Waals surface area contributed by atoms with Gasteiger partial charge in [0.1, 0.15) is 5.82 Å². The molecule has 1 aromatic carbocycles. The average Bonchev–Trinajstić information content (AvgIpc) is 2.56. The Labute approximate surface area is 100 Å². The Kier molecular flexibility index (Phi) is 2.82. The first kappa shape index (κ1) is 11.9. The molecule has 1 heterocycles. The number of aromatic nitrogens is 2. The number of nitrogens with one attached hydrogen (secondary N) is 2. The molecule has 92 valence electrons. The van der Waals surface area contributed by atoms with Crippen molar-refractivity contribution in [2.24, 2.45) is 0 Å². The van der Waals surface area contributed by atoms with Gasteiger partial charge < -0.3 is 4.98 Å². The zero-order chi connectivity index (χ0) is 12.6. The summed E-state index contributed by atoms with van der Waals surface area (Å²) in [7, 11) is -3.30. The van der Waals surface area contributed by atoms with Crippen molar-refractivity contribution in [2.45, 2.75) is 26.0 Å². The smallest absolute Gasteiger partial charge is 0.235 e. The summed E-state index contributed by atoms with van der Waals surface area (Å²) in [5, 5.41) is -0.457. The molecule has 0 atom stereocenters. The summed E-state index contributed by atoms with van der Waals surface area (Å²) in [6.07, 6.45) is 0. The molecule has 6 heteroatoms. The second kappa shape index (κ2) is 4.03. The third kappa shape index (κ3) is 2.41. The Morgan fingerprint density at radius 2 is 2.06 bits per heavy atom. The molecule has 17 heavy (non-hydrogen) atoms. The summed E-state index contributed by atoms with van der Waals surface area (Å²) < 4.78 is 26.0. The molecular weight excluding hydrogens is 238 g/mol. The lowest BCUT2D eigenvalue weighted by Gasteiger charge is -2.10. The van der Waals surface area contributed by atoms with E-state index in [0.717, 1.165) is 16.9 Å². The van der Waals surface area contributed by atoms with Crippen molar-refractivity contribution in [1.29, 1.82) is 0 Å². The lowest BCUT2D eigenvalue weighted by molar-refractivity contribution is 0.593. The van der Waals surface area contributed by atoms with Gasteiger partial charge in [-0.2, -0.15) is 0 Å². The van der Waals surface area contributed by atoms with E-state index in [-0.39, 0.29) is 0 Å². The Hall–Kier alpha value is -1.56. The maximum Gasteiger partial charge on any atom is 0.235 e. The van der Waals surface area contributed by atoms with Crippen molar-refractivity contribution in [2.75, 3.05) is 4.72 Å². The molecule has 0 radical (unpaired) electrons. The molecule has 0 aliphatic heterocycles. The molecule has 0 saturated carbocycles. The number of nitrogens with zero attached hydrogens (tertiary/aromatic N) is 1. The van der Waals surface area contributed by atoms with Crippen molar-refractivity contribution in [3.05, 3.63) is 24.0 Å². The van der Waals surface area contributed by atoms with E-state index in [2.05, 4.69) is 14.7 Å². The number of aryl methyl sites for hydroxylation is 1. The summed E-state index contributed by atoms with van der Waals surface area (Å²) in [4.78, 5) is 7.32. The van der Waals surface area contributed by atoms with Gasteiger partial charge in [0.05, 0.1) is 22.0 Å². The van der Waals surface area contributed by atoms with Gasteiger partial charge in [0.15, 0.2) is 0 Å². The summed E-state index contributed by atoms with van der Waals surface area (Å²) in [6, 6.07) is 5.24. The molecule has 1 aromatic heterocycles. The monoisotopic (exact) mass is 253 g/mol. The van der Waals surface area contributed by atoms with Gasteiger partial charge in [-0.25, -0.2) is 13.4 Å². The van der Waals surface area contributed by atoms with E-state index in [1.165, 1.54) is 0 Å². The number of hydrogen-bond acceptors (Lipinski definition) is 3. The van der Waals surface area contributed by atoms with Crippen LogP contribution in [-0.2, 0) is 10.0 Å². The Balaban J connectivity index is 2.37. The molecule has 0 saturated heterocycles. The number of benzene rings is 1. The molecule has 2 N–H and O–H groups in total. The highest BCUT2D eigenvalue weighted by molar-refractivity contribution is 7.93.